The molecule has 4 nitrogen and oxygen atoms in total. The third-order valence-electron chi connectivity index (χ3n) is 3.21. The van der Waals surface area contributed by atoms with Crippen molar-refractivity contribution < 1.29 is 9.21 Å². The number of hydrogen-bond acceptors (Lipinski definition) is 4. The molecule has 2 aromatic heterocycles. The van der Waals surface area contributed by atoms with Crippen molar-refractivity contribution in [3.8, 4) is 11.3 Å². The van der Waals surface area contributed by atoms with Crippen LogP contribution < -0.4 is 5.32 Å². The van der Waals surface area contributed by atoms with Crippen LogP contribution in [0.5, 0.6) is 0 Å². The van der Waals surface area contributed by atoms with Crippen LogP contribution in [-0.2, 0) is 0 Å². The Kier molecular flexibility index (Phi) is 5.04. The molecule has 3 rings (SSSR count). The summed E-state index contributed by atoms with van der Waals surface area (Å²) in [6, 6.07) is 9.05. The van der Waals surface area contributed by atoms with Crippen LogP contribution in [0.25, 0.3) is 23.5 Å². The molecule has 0 aliphatic rings. The third-order valence-corrected chi connectivity index (χ3v) is 4.99. The second-order valence-corrected chi connectivity index (χ2v) is 6.63. The summed E-state index contributed by atoms with van der Waals surface area (Å²) in [4.78, 5) is 16.3. The molecule has 0 fully saturated rings. The lowest BCUT2D eigenvalue weighted by atomic mass is 10.2. The van der Waals surface area contributed by atoms with E-state index in [1.807, 2.05) is 24.3 Å². The molecule has 24 heavy (non-hydrogen) atoms. The number of carbonyl (C=O) groups excluding carboxylic acids is 1. The van der Waals surface area contributed by atoms with E-state index in [1.165, 1.54) is 11.3 Å². The maximum atomic E-state index is 11.5. The van der Waals surface area contributed by atoms with Crippen LogP contribution in [0, 0.1) is 0 Å². The van der Waals surface area contributed by atoms with E-state index in [0.29, 0.717) is 31.5 Å². The normalized spacial score (nSPS) is 11.1. The van der Waals surface area contributed by atoms with Gasteiger partial charge in [0.2, 0.25) is 0 Å². The minimum Gasteiger partial charge on any atom is -0.457 e. The first-order valence-electron chi connectivity index (χ1n) is 6.98. The zero-order valence-corrected chi connectivity index (χ0v) is 14.9. The minimum atomic E-state index is -0.150. The summed E-state index contributed by atoms with van der Waals surface area (Å²) in [5.41, 5.74) is 0.736. The Balaban J connectivity index is 1.80. The van der Waals surface area contributed by atoms with E-state index in [-0.39, 0.29) is 5.91 Å². The third kappa shape index (κ3) is 3.53. The molecule has 1 N–H and O–H groups in total. The Morgan fingerprint density at radius 3 is 2.88 bits per heavy atom. The quantitative estimate of drug-likeness (QED) is 0.675. The van der Waals surface area contributed by atoms with Gasteiger partial charge in [-0.15, -0.1) is 11.3 Å². The highest BCUT2D eigenvalue weighted by Crippen LogP contribution is 2.34. The highest BCUT2D eigenvalue weighted by molar-refractivity contribution is 7.14. The fourth-order valence-electron chi connectivity index (χ4n) is 2.03. The van der Waals surface area contributed by atoms with Crippen molar-refractivity contribution >= 4 is 52.6 Å². The lowest BCUT2D eigenvalue weighted by Crippen LogP contribution is -2.16. The Morgan fingerprint density at radius 2 is 2.08 bits per heavy atom. The van der Waals surface area contributed by atoms with Gasteiger partial charge in [-0.05, 0) is 36.4 Å². The number of rotatable bonds is 4. The molecule has 0 saturated carbocycles. The molecular formula is C17H12Cl2N2O2S. The summed E-state index contributed by atoms with van der Waals surface area (Å²) in [6.07, 6.45) is 5.12. The maximum absolute atomic E-state index is 11.5. The molecule has 1 amide bonds. The van der Waals surface area contributed by atoms with Crippen molar-refractivity contribution in [2.45, 2.75) is 0 Å². The van der Waals surface area contributed by atoms with E-state index in [9.17, 15) is 4.79 Å². The Hall–Kier alpha value is -2.08. The van der Waals surface area contributed by atoms with Crippen LogP contribution in [-0.4, -0.2) is 17.9 Å². The molecule has 122 valence electrons. The number of hydrogen-bond donors (Lipinski definition) is 1. The first kappa shape index (κ1) is 16.8. The Bertz CT molecular complexity index is 915. The van der Waals surface area contributed by atoms with Crippen LogP contribution in [0.4, 0.5) is 0 Å². The van der Waals surface area contributed by atoms with Gasteiger partial charge in [0.1, 0.15) is 21.4 Å². The number of benzene rings is 1. The lowest BCUT2D eigenvalue weighted by molar-refractivity contribution is 0.0967. The Morgan fingerprint density at radius 1 is 1.25 bits per heavy atom. The lowest BCUT2D eigenvalue weighted by Gasteiger charge is -2.01. The first-order valence-corrected chi connectivity index (χ1v) is 8.56. The van der Waals surface area contributed by atoms with Gasteiger partial charge in [-0.1, -0.05) is 29.3 Å². The number of thiazole rings is 1. The zero-order valence-electron chi connectivity index (χ0n) is 12.5. The molecule has 0 saturated heterocycles. The van der Waals surface area contributed by atoms with Crippen LogP contribution >= 0.6 is 34.5 Å². The molecule has 2 heterocycles. The van der Waals surface area contributed by atoms with Gasteiger partial charge in [-0.2, -0.15) is 0 Å². The van der Waals surface area contributed by atoms with E-state index in [4.69, 9.17) is 27.6 Å². The standard InChI is InChI=1S/C17H12Cl2N2O2S/c1-20-17(22)14-9-21-15(24-14)8-6-10-5-7-13(23-10)11-3-2-4-12(18)16(11)19/h2-9H,1H3,(H,20,22)/b8-6-. The topological polar surface area (TPSA) is 55.1 Å². The van der Waals surface area contributed by atoms with E-state index >= 15 is 0 Å². The molecule has 0 aliphatic carbocycles. The summed E-state index contributed by atoms with van der Waals surface area (Å²) in [5, 5.41) is 4.22. The molecule has 0 atom stereocenters. The van der Waals surface area contributed by atoms with Gasteiger partial charge in [0.15, 0.2) is 0 Å². The highest BCUT2D eigenvalue weighted by Gasteiger charge is 2.10. The second-order valence-electron chi connectivity index (χ2n) is 4.78. The number of amides is 1. The van der Waals surface area contributed by atoms with Crippen molar-refractivity contribution in [3.63, 3.8) is 0 Å². The molecule has 3 aromatic rings. The van der Waals surface area contributed by atoms with E-state index in [2.05, 4.69) is 10.3 Å². The van der Waals surface area contributed by atoms with E-state index in [1.54, 1.807) is 31.5 Å². The predicted molar refractivity (Wildman–Crippen MR) is 98.6 cm³/mol. The van der Waals surface area contributed by atoms with Crippen molar-refractivity contribution in [1.82, 2.24) is 10.3 Å². The van der Waals surface area contributed by atoms with Gasteiger partial charge >= 0.3 is 0 Å². The van der Waals surface area contributed by atoms with E-state index < -0.39 is 0 Å². The van der Waals surface area contributed by atoms with Crippen LogP contribution in [0.3, 0.4) is 0 Å². The van der Waals surface area contributed by atoms with Crippen molar-refractivity contribution in [1.29, 1.82) is 0 Å². The highest BCUT2D eigenvalue weighted by atomic mass is 35.5. The van der Waals surface area contributed by atoms with Crippen molar-refractivity contribution in [3.05, 3.63) is 62.2 Å². The van der Waals surface area contributed by atoms with Gasteiger partial charge in [-0.25, -0.2) is 4.98 Å². The maximum Gasteiger partial charge on any atom is 0.262 e. The molecule has 0 unspecified atom stereocenters. The molecule has 7 heteroatoms. The van der Waals surface area contributed by atoms with Gasteiger partial charge < -0.3 is 9.73 Å². The fourth-order valence-corrected chi connectivity index (χ4v) is 3.19. The minimum absolute atomic E-state index is 0.150. The van der Waals surface area contributed by atoms with Crippen LogP contribution in [0.2, 0.25) is 10.0 Å². The predicted octanol–water partition coefficient (Wildman–Crippen LogP) is 5.24. The van der Waals surface area contributed by atoms with Gasteiger partial charge in [0.05, 0.1) is 16.2 Å². The molecule has 1 aromatic carbocycles. The van der Waals surface area contributed by atoms with Gasteiger partial charge in [-0.3, -0.25) is 4.79 Å². The molecule has 0 spiro atoms. The summed E-state index contributed by atoms with van der Waals surface area (Å²) in [6.45, 7) is 0. The summed E-state index contributed by atoms with van der Waals surface area (Å²) < 4.78 is 5.77. The average Bonchev–Trinajstić information content (AvgIpc) is 3.24. The molecule has 0 aliphatic heterocycles. The molecular weight excluding hydrogens is 367 g/mol. The molecule has 0 bridgehead atoms. The number of nitrogens with zero attached hydrogens (tertiary/aromatic N) is 1. The monoisotopic (exact) mass is 378 g/mol. The summed E-state index contributed by atoms with van der Waals surface area (Å²) in [5.74, 6) is 1.13. The number of carbonyl (C=O) groups is 1. The van der Waals surface area contributed by atoms with Crippen molar-refractivity contribution in [2.75, 3.05) is 7.05 Å². The van der Waals surface area contributed by atoms with E-state index in [0.717, 1.165) is 5.56 Å². The van der Waals surface area contributed by atoms with Gasteiger partial charge in [0.25, 0.3) is 5.91 Å². The smallest absolute Gasteiger partial charge is 0.262 e. The number of furan rings is 1. The second kappa shape index (κ2) is 7.21. The van der Waals surface area contributed by atoms with Crippen molar-refractivity contribution in [2.24, 2.45) is 0 Å². The number of halogens is 2. The largest absolute Gasteiger partial charge is 0.457 e. The zero-order chi connectivity index (χ0) is 17.1. The fraction of sp³-hybridized carbons (Fsp3) is 0.0588. The first-order chi connectivity index (χ1) is 11.6. The summed E-state index contributed by atoms with van der Waals surface area (Å²) in [7, 11) is 1.59. The number of nitrogens with one attached hydrogen (secondary N) is 1. The van der Waals surface area contributed by atoms with Gasteiger partial charge in [0, 0.05) is 12.6 Å². The van der Waals surface area contributed by atoms with Crippen LogP contribution in [0.1, 0.15) is 20.4 Å². The summed E-state index contributed by atoms with van der Waals surface area (Å²) >= 11 is 13.5. The van der Waals surface area contributed by atoms with Crippen LogP contribution in [0.15, 0.2) is 40.9 Å². The average molecular weight is 379 g/mol. The Labute approximate surface area is 152 Å². The SMILES string of the molecule is CNC(=O)c1cnc(/C=C\c2ccc(-c3cccc(Cl)c3Cl)o2)s1. The number of aromatic nitrogens is 1. The molecule has 0 radical (unpaired) electrons.